The van der Waals surface area contributed by atoms with E-state index in [-0.39, 0.29) is 17.7 Å². The van der Waals surface area contributed by atoms with Crippen LogP contribution >= 0.6 is 0 Å². The van der Waals surface area contributed by atoms with Gasteiger partial charge in [0.05, 0.1) is 0 Å². The van der Waals surface area contributed by atoms with Gasteiger partial charge in [-0.1, -0.05) is 20.8 Å². The van der Waals surface area contributed by atoms with Gasteiger partial charge in [0.25, 0.3) is 5.91 Å². The number of carbonyl (C=O) groups is 2. The lowest BCUT2D eigenvalue weighted by Crippen LogP contribution is -2.46. The Bertz CT molecular complexity index is 885. The molecule has 30 heavy (non-hydrogen) atoms. The minimum Gasteiger partial charge on any atom is -0.369 e. The molecule has 0 saturated carbocycles. The summed E-state index contributed by atoms with van der Waals surface area (Å²) < 4.78 is 0. The van der Waals surface area contributed by atoms with E-state index in [4.69, 9.17) is 0 Å². The molecule has 1 fully saturated rings. The number of anilines is 3. The lowest BCUT2D eigenvalue weighted by molar-refractivity contribution is -0.118. The number of piperazine rings is 1. The Morgan fingerprint density at radius 3 is 2.13 bits per heavy atom. The minimum absolute atomic E-state index is 0.0427. The third-order valence-electron chi connectivity index (χ3n) is 5.55. The molecule has 2 N–H and O–H groups in total. The Balaban J connectivity index is 1.61. The fraction of sp³-hybridized carbons (Fsp3) is 0.417. The molecule has 6 nitrogen and oxygen atoms in total. The Morgan fingerprint density at radius 2 is 1.57 bits per heavy atom. The van der Waals surface area contributed by atoms with Gasteiger partial charge in [-0.15, -0.1) is 0 Å². The van der Waals surface area contributed by atoms with Crippen LogP contribution in [0.25, 0.3) is 0 Å². The highest BCUT2D eigenvalue weighted by molar-refractivity contribution is 6.04. The van der Waals surface area contributed by atoms with E-state index in [0.29, 0.717) is 11.3 Å². The van der Waals surface area contributed by atoms with Crippen LogP contribution < -0.4 is 15.5 Å². The van der Waals surface area contributed by atoms with Gasteiger partial charge in [0.2, 0.25) is 5.91 Å². The molecule has 0 unspecified atom stereocenters. The Hall–Kier alpha value is -2.86. The predicted octanol–water partition coefficient (Wildman–Crippen LogP) is 3.98. The summed E-state index contributed by atoms with van der Waals surface area (Å²) in [6.07, 6.45) is 0. The Morgan fingerprint density at radius 1 is 0.933 bits per heavy atom. The van der Waals surface area contributed by atoms with Crippen LogP contribution in [-0.4, -0.2) is 49.4 Å². The lowest BCUT2D eigenvalue weighted by Gasteiger charge is -2.36. The summed E-state index contributed by atoms with van der Waals surface area (Å²) in [5, 5.41) is 5.80. The summed E-state index contributed by atoms with van der Waals surface area (Å²) in [6, 6.07) is 13.0. The summed E-state index contributed by atoms with van der Waals surface area (Å²) in [5.74, 6) is -0.297. The molecule has 2 aromatic rings. The third-order valence-corrected chi connectivity index (χ3v) is 5.55. The van der Waals surface area contributed by atoms with Gasteiger partial charge in [-0.2, -0.15) is 0 Å². The Labute approximate surface area is 179 Å². The maximum atomic E-state index is 12.6. The van der Waals surface area contributed by atoms with Crippen LogP contribution in [0.5, 0.6) is 0 Å². The molecule has 160 valence electrons. The first-order valence-electron chi connectivity index (χ1n) is 10.7. The van der Waals surface area contributed by atoms with Gasteiger partial charge in [-0.25, -0.2) is 0 Å². The third kappa shape index (κ3) is 5.39. The fourth-order valence-electron chi connectivity index (χ4n) is 3.59. The fourth-order valence-corrected chi connectivity index (χ4v) is 3.59. The van der Waals surface area contributed by atoms with Gasteiger partial charge in [0.1, 0.15) is 0 Å². The van der Waals surface area contributed by atoms with Crippen LogP contribution in [0.15, 0.2) is 42.5 Å². The van der Waals surface area contributed by atoms with Crippen molar-refractivity contribution in [3.8, 4) is 0 Å². The zero-order valence-electron chi connectivity index (χ0n) is 18.4. The van der Waals surface area contributed by atoms with Crippen molar-refractivity contribution in [2.75, 3.05) is 48.3 Å². The molecule has 6 heteroatoms. The number of aryl methyl sites for hydroxylation is 1. The van der Waals surface area contributed by atoms with E-state index in [1.54, 1.807) is 24.3 Å². The average Bonchev–Trinajstić information content (AvgIpc) is 2.74. The normalized spacial score (nSPS) is 14.6. The van der Waals surface area contributed by atoms with Gasteiger partial charge in [0, 0.05) is 54.7 Å². The van der Waals surface area contributed by atoms with E-state index in [9.17, 15) is 9.59 Å². The van der Waals surface area contributed by atoms with Gasteiger partial charge in [-0.3, -0.25) is 9.59 Å². The van der Waals surface area contributed by atoms with Crippen molar-refractivity contribution in [2.45, 2.75) is 27.7 Å². The number of carbonyl (C=O) groups excluding carboxylic acids is 2. The van der Waals surface area contributed by atoms with E-state index < -0.39 is 0 Å². The summed E-state index contributed by atoms with van der Waals surface area (Å²) >= 11 is 0. The maximum Gasteiger partial charge on any atom is 0.255 e. The largest absolute Gasteiger partial charge is 0.369 e. The molecule has 0 spiro atoms. The zero-order valence-corrected chi connectivity index (χ0v) is 18.4. The highest BCUT2D eigenvalue weighted by atomic mass is 16.2. The summed E-state index contributed by atoms with van der Waals surface area (Å²) in [4.78, 5) is 29.3. The van der Waals surface area contributed by atoms with Crippen molar-refractivity contribution in [3.05, 3.63) is 53.6 Å². The maximum absolute atomic E-state index is 12.6. The summed E-state index contributed by atoms with van der Waals surface area (Å²) in [6.45, 7) is 13.3. The second-order valence-corrected chi connectivity index (χ2v) is 8.10. The second-order valence-electron chi connectivity index (χ2n) is 8.10. The van der Waals surface area contributed by atoms with Crippen molar-refractivity contribution < 1.29 is 9.59 Å². The van der Waals surface area contributed by atoms with Crippen molar-refractivity contribution in [1.29, 1.82) is 0 Å². The van der Waals surface area contributed by atoms with Crippen molar-refractivity contribution >= 4 is 28.9 Å². The van der Waals surface area contributed by atoms with Crippen LogP contribution in [0.4, 0.5) is 17.1 Å². The molecule has 2 amide bonds. The van der Waals surface area contributed by atoms with Crippen molar-refractivity contribution in [2.24, 2.45) is 5.92 Å². The first-order chi connectivity index (χ1) is 14.4. The molecule has 0 radical (unpaired) electrons. The van der Waals surface area contributed by atoms with Crippen LogP contribution in [0, 0.1) is 12.8 Å². The van der Waals surface area contributed by atoms with Gasteiger partial charge >= 0.3 is 0 Å². The quantitative estimate of drug-likeness (QED) is 0.759. The number of hydrogen-bond donors (Lipinski definition) is 2. The number of nitrogens with one attached hydrogen (secondary N) is 2. The van der Waals surface area contributed by atoms with Crippen molar-refractivity contribution in [3.63, 3.8) is 0 Å². The molecule has 1 heterocycles. The molecule has 0 aliphatic carbocycles. The van der Waals surface area contributed by atoms with Gasteiger partial charge < -0.3 is 20.4 Å². The highest BCUT2D eigenvalue weighted by Crippen LogP contribution is 2.25. The number of rotatable bonds is 6. The van der Waals surface area contributed by atoms with Crippen LogP contribution in [0.3, 0.4) is 0 Å². The van der Waals surface area contributed by atoms with Crippen LogP contribution in [-0.2, 0) is 4.79 Å². The molecule has 1 saturated heterocycles. The molecule has 1 aliphatic rings. The number of likely N-dealkylation sites (N-methyl/N-ethyl adjacent to an activating group) is 1. The predicted molar refractivity (Wildman–Crippen MR) is 123 cm³/mol. The average molecular weight is 409 g/mol. The van der Waals surface area contributed by atoms with Crippen molar-refractivity contribution in [1.82, 2.24) is 4.90 Å². The standard InChI is InChI=1S/C24H32N4O2/c1-5-27-12-14-28(15-13-27)22-11-10-21(16-18(22)4)26-24(30)19-6-8-20(9-7-19)25-23(29)17(2)3/h6-11,16-17H,5,12-15H2,1-4H3,(H,25,29)(H,26,30). The first kappa shape index (κ1) is 21.8. The lowest BCUT2D eigenvalue weighted by atomic mass is 10.1. The van der Waals surface area contributed by atoms with Gasteiger partial charge in [-0.05, 0) is 61.5 Å². The number of nitrogens with zero attached hydrogens (tertiary/aromatic N) is 2. The summed E-state index contributed by atoms with van der Waals surface area (Å²) in [5.41, 5.74) is 4.41. The monoisotopic (exact) mass is 408 g/mol. The smallest absolute Gasteiger partial charge is 0.255 e. The first-order valence-corrected chi connectivity index (χ1v) is 10.7. The molecular weight excluding hydrogens is 376 g/mol. The van der Waals surface area contributed by atoms with E-state index in [1.807, 2.05) is 26.0 Å². The second kappa shape index (κ2) is 9.76. The molecule has 2 aromatic carbocycles. The molecule has 0 aromatic heterocycles. The molecule has 0 bridgehead atoms. The molecular formula is C24H32N4O2. The summed E-state index contributed by atoms with van der Waals surface area (Å²) in [7, 11) is 0. The Kier molecular flexibility index (Phi) is 7.11. The molecule has 0 atom stereocenters. The number of amides is 2. The SMILES string of the molecule is CCN1CCN(c2ccc(NC(=O)c3ccc(NC(=O)C(C)C)cc3)cc2C)CC1. The zero-order chi connectivity index (χ0) is 21.7. The van der Waals surface area contributed by atoms with E-state index >= 15 is 0 Å². The van der Waals surface area contributed by atoms with Crippen LogP contribution in [0.1, 0.15) is 36.7 Å². The van der Waals surface area contributed by atoms with Crippen LogP contribution in [0.2, 0.25) is 0 Å². The minimum atomic E-state index is -0.166. The molecule has 3 rings (SSSR count). The van der Waals surface area contributed by atoms with E-state index in [0.717, 1.165) is 44.0 Å². The van der Waals surface area contributed by atoms with E-state index in [2.05, 4.69) is 40.3 Å². The topological polar surface area (TPSA) is 64.7 Å². The molecule has 1 aliphatic heterocycles. The highest BCUT2D eigenvalue weighted by Gasteiger charge is 2.17. The van der Waals surface area contributed by atoms with Gasteiger partial charge in [0.15, 0.2) is 0 Å². The number of benzene rings is 2. The number of hydrogen-bond acceptors (Lipinski definition) is 4. The van der Waals surface area contributed by atoms with E-state index in [1.165, 1.54) is 5.69 Å².